The first kappa shape index (κ1) is 13.7. The van der Waals surface area contributed by atoms with Crippen LogP contribution in [0.1, 0.15) is 12.0 Å². The average molecular weight is 343 g/mol. The van der Waals surface area contributed by atoms with Crippen LogP contribution in [0.3, 0.4) is 0 Å². The van der Waals surface area contributed by atoms with E-state index in [1.54, 1.807) is 0 Å². The topological polar surface area (TPSA) is 20.3 Å². The maximum atomic E-state index is 12.9. The van der Waals surface area contributed by atoms with Crippen molar-refractivity contribution >= 4 is 39.1 Å². The molecule has 1 aliphatic rings. The van der Waals surface area contributed by atoms with Gasteiger partial charge >= 0.3 is 6.18 Å². The highest BCUT2D eigenvalue weighted by atomic mass is 79.9. The summed E-state index contributed by atoms with van der Waals surface area (Å²) in [6, 6.07) is 3.24. The van der Waals surface area contributed by atoms with Gasteiger partial charge in [0.05, 0.1) is 11.3 Å². The van der Waals surface area contributed by atoms with Crippen molar-refractivity contribution in [3.05, 3.63) is 28.8 Å². The van der Waals surface area contributed by atoms with Gasteiger partial charge in [0.15, 0.2) is 0 Å². The molecule has 0 aliphatic carbocycles. The summed E-state index contributed by atoms with van der Waals surface area (Å²) in [5.41, 5.74) is -1.02. The van der Waals surface area contributed by atoms with Crippen molar-refractivity contribution in [2.24, 2.45) is 0 Å². The van der Waals surface area contributed by atoms with E-state index in [0.29, 0.717) is 0 Å². The number of carbonyl (C=O) groups is 1. The van der Waals surface area contributed by atoms with Crippen molar-refractivity contribution in [1.29, 1.82) is 0 Å². The number of rotatable bonds is 1. The molecular weight excluding hydrogens is 334 g/mol. The first-order chi connectivity index (χ1) is 8.29. The molecule has 0 saturated carbocycles. The van der Waals surface area contributed by atoms with E-state index in [1.165, 1.54) is 12.1 Å². The molecule has 0 radical (unpaired) electrons. The summed E-state index contributed by atoms with van der Waals surface area (Å²) >= 11 is 8.95. The Morgan fingerprint density at radius 3 is 2.56 bits per heavy atom. The molecule has 1 atom stereocenters. The molecular formula is C11H8BrClF3NO. The van der Waals surface area contributed by atoms with E-state index in [4.69, 9.17) is 11.6 Å². The number of amides is 1. The van der Waals surface area contributed by atoms with E-state index in [0.717, 1.165) is 11.0 Å². The Balaban J connectivity index is 2.49. The van der Waals surface area contributed by atoms with Crippen LogP contribution in [-0.4, -0.2) is 17.3 Å². The van der Waals surface area contributed by atoms with Gasteiger partial charge in [-0.3, -0.25) is 4.79 Å². The van der Waals surface area contributed by atoms with Gasteiger partial charge in [0.25, 0.3) is 0 Å². The summed E-state index contributed by atoms with van der Waals surface area (Å²) in [6.45, 7) is 0.211. The highest BCUT2D eigenvalue weighted by Crippen LogP contribution is 2.39. The van der Waals surface area contributed by atoms with Gasteiger partial charge in [-0.05, 0) is 18.2 Å². The highest BCUT2D eigenvalue weighted by Gasteiger charge is 2.38. The molecule has 98 valence electrons. The number of alkyl halides is 4. The number of hydrogen-bond donors (Lipinski definition) is 0. The molecule has 1 fully saturated rings. The van der Waals surface area contributed by atoms with Crippen molar-refractivity contribution in [3.8, 4) is 0 Å². The Bertz CT molecular complexity index is 492. The van der Waals surface area contributed by atoms with Crippen molar-refractivity contribution in [3.63, 3.8) is 0 Å². The van der Waals surface area contributed by atoms with Crippen molar-refractivity contribution < 1.29 is 18.0 Å². The fourth-order valence-corrected chi connectivity index (χ4v) is 2.60. The molecule has 1 heterocycles. The fraction of sp³-hybridized carbons (Fsp3) is 0.364. The second-order valence-corrected chi connectivity index (χ2v) is 5.70. The third-order valence-corrected chi connectivity index (χ3v) is 3.48. The van der Waals surface area contributed by atoms with Gasteiger partial charge in [0.1, 0.15) is 0 Å². The summed E-state index contributed by atoms with van der Waals surface area (Å²) in [6.07, 6.45) is -4.32. The second-order valence-electron chi connectivity index (χ2n) is 3.96. The lowest BCUT2D eigenvalue weighted by Gasteiger charge is -2.21. The number of anilines is 1. The van der Waals surface area contributed by atoms with Crippen LogP contribution in [0, 0.1) is 0 Å². The molecule has 2 rings (SSSR count). The number of carbonyl (C=O) groups excluding carboxylic acids is 1. The molecule has 18 heavy (non-hydrogen) atoms. The molecule has 1 aliphatic heterocycles. The minimum Gasteiger partial charge on any atom is -0.311 e. The van der Waals surface area contributed by atoms with Gasteiger partial charge in [0, 0.05) is 22.8 Å². The number of benzene rings is 1. The Morgan fingerprint density at radius 2 is 2.06 bits per heavy atom. The van der Waals surface area contributed by atoms with Crippen LogP contribution in [0.2, 0.25) is 5.02 Å². The van der Waals surface area contributed by atoms with Gasteiger partial charge in [0.2, 0.25) is 5.91 Å². The van der Waals surface area contributed by atoms with Crippen LogP contribution in [0.25, 0.3) is 0 Å². The van der Waals surface area contributed by atoms with Crippen molar-refractivity contribution in [2.45, 2.75) is 17.4 Å². The van der Waals surface area contributed by atoms with Gasteiger partial charge < -0.3 is 4.90 Å². The minimum absolute atomic E-state index is 0.134. The third-order valence-electron chi connectivity index (χ3n) is 2.63. The van der Waals surface area contributed by atoms with Crippen LogP contribution in [0.15, 0.2) is 18.2 Å². The third kappa shape index (κ3) is 2.64. The van der Waals surface area contributed by atoms with E-state index in [9.17, 15) is 18.0 Å². The standard InChI is InChI=1S/C11H8BrClF3NO/c12-6-3-10(18)17(5-6)9-4-7(13)1-2-8(9)11(14,15)16/h1-2,4,6H,3,5H2. The predicted molar refractivity (Wildman–Crippen MR) is 66.1 cm³/mol. The van der Waals surface area contributed by atoms with Crippen LogP contribution in [0.5, 0.6) is 0 Å². The van der Waals surface area contributed by atoms with Gasteiger partial charge in [-0.15, -0.1) is 0 Å². The van der Waals surface area contributed by atoms with Gasteiger partial charge in [-0.2, -0.15) is 13.2 Å². The number of nitrogens with zero attached hydrogens (tertiary/aromatic N) is 1. The predicted octanol–water partition coefficient (Wildman–Crippen LogP) is 3.86. The second kappa shape index (κ2) is 4.74. The largest absolute Gasteiger partial charge is 0.418 e. The van der Waals surface area contributed by atoms with E-state index in [2.05, 4.69) is 15.9 Å². The quantitative estimate of drug-likeness (QED) is 0.710. The van der Waals surface area contributed by atoms with Gasteiger partial charge in [-0.1, -0.05) is 27.5 Å². The molecule has 1 aromatic carbocycles. The summed E-state index contributed by atoms with van der Waals surface area (Å²) in [7, 11) is 0. The molecule has 2 nitrogen and oxygen atoms in total. The normalized spacial score (nSPS) is 20.6. The molecule has 1 aromatic rings. The molecule has 1 amide bonds. The molecule has 0 aromatic heterocycles. The summed E-state index contributed by atoms with van der Waals surface area (Å²) in [5, 5.41) is 0.170. The van der Waals surface area contributed by atoms with Crippen LogP contribution in [0.4, 0.5) is 18.9 Å². The average Bonchev–Trinajstić information content (AvgIpc) is 2.55. The first-order valence-corrected chi connectivity index (χ1v) is 6.39. The first-order valence-electron chi connectivity index (χ1n) is 5.10. The molecule has 0 N–H and O–H groups in total. The lowest BCUT2D eigenvalue weighted by atomic mass is 10.1. The zero-order valence-electron chi connectivity index (χ0n) is 8.97. The van der Waals surface area contributed by atoms with Crippen LogP contribution in [-0.2, 0) is 11.0 Å². The van der Waals surface area contributed by atoms with Crippen LogP contribution < -0.4 is 4.90 Å². The Labute approximate surface area is 115 Å². The SMILES string of the molecule is O=C1CC(Br)CN1c1cc(Cl)ccc1C(F)(F)F. The van der Waals surface area contributed by atoms with E-state index >= 15 is 0 Å². The van der Waals surface area contributed by atoms with E-state index in [-0.39, 0.29) is 34.4 Å². The summed E-state index contributed by atoms with van der Waals surface area (Å²) in [4.78, 5) is 12.6. The molecule has 0 bridgehead atoms. The van der Waals surface area contributed by atoms with E-state index in [1.807, 2.05) is 0 Å². The Morgan fingerprint density at radius 1 is 1.39 bits per heavy atom. The maximum Gasteiger partial charge on any atom is 0.418 e. The fourth-order valence-electron chi connectivity index (χ4n) is 1.86. The smallest absolute Gasteiger partial charge is 0.311 e. The van der Waals surface area contributed by atoms with Crippen molar-refractivity contribution in [2.75, 3.05) is 11.4 Å². The molecule has 1 saturated heterocycles. The summed E-state index contributed by atoms with van der Waals surface area (Å²) < 4.78 is 38.6. The zero-order valence-corrected chi connectivity index (χ0v) is 11.3. The van der Waals surface area contributed by atoms with Crippen molar-refractivity contribution in [1.82, 2.24) is 0 Å². The monoisotopic (exact) mass is 341 g/mol. The van der Waals surface area contributed by atoms with Crippen LogP contribution >= 0.6 is 27.5 Å². The molecule has 0 spiro atoms. The van der Waals surface area contributed by atoms with Gasteiger partial charge in [-0.25, -0.2) is 0 Å². The van der Waals surface area contributed by atoms with E-state index < -0.39 is 11.7 Å². The lowest BCUT2D eigenvalue weighted by molar-refractivity contribution is -0.137. The summed E-state index contributed by atoms with van der Waals surface area (Å²) in [5.74, 6) is -0.343. The Hall–Kier alpha value is -0.750. The Kier molecular flexibility index (Phi) is 3.60. The minimum atomic E-state index is -4.51. The lowest BCUT2D eigenvalue weighted by Crippen LogP contribution is -2.27. The maximum absolute atomic E-state index is 12.9. The highest BCUT2D eigenvalue weighted by molar-refractivity contribution is 9.09. The zero-order chi connectivity index (χ0) is 13.5. The number of halogens is 5. The molecule has 7 heteroatoms. The number of hydrogen-bond acceptors (Lipinski definition) is 1. The molecule has 1 unspecified atom stereocenters.